The van der Waals surface area contributed by atoms with Crippen molar-refractivity contribution in [2.45, 2.75) is 52.1 Å². The van der Waals surface area contributed by atoms with Gasteiger partial charge < -0.3 is 4.74 Å². The molecule has 0 aliphatic carbocycles. The standard InChI is InChI=1S/C14H21O/c1-4-5-9-12-14(2,3)15-13-10-7-6-8-11-13/h7-8,10-11H,4-5,9,12H2,1-3H3. The van der Waals surface area contributed by atoms with Gasteiger partial charge in [0, 0.05) is 0 Å². The van der Waals surface area contributed by atoms with Gasteiger partial charge >= 0.3 is 0 Å². The van der Waals surface area contributed by atoms with Gasteiger partial charge in [0.1, 0.15) is 11.4 Å². The molecule has 0 aliphatic rings. The normalized spacial score (nSPS) is 11.4. The zero-order valence-electron chi connectivity index (χ0n) is 10.0. The first-order valence-corrected chi connectivity index (χ1v) is 5.79. The molecule has 1 nitrogen and oxygen atoms in total. The molecule has 0 spiro atoms. The maximum absolute atomic E-state index is 5.93. The predicted molar refractivity (Wildman–Crippen MR) is 64.1 cm³/mol. The number of ether oxygens (including phenoxy) is 1. The fraction of sp³-hybridized carbons (Fsp3) is 0.571. The molecule has 0 N–H and O–H groups in total. The Morgan fingerprint density at radius 3 is 2.47 bits per heavy atom. The van der Waals surface area contributed by atoms with Crippen molar-refractivity contribution in [3.63, 3.8) is 0 Å². The molecule has 1 aromatic carbocycles. The highest BCUT2D eigenvalue weighted by Gasteiger charge is 2.18. The van der Waals surface area contributed by atoms with Crippen LogP contribution in [0.3, 0.4) is 0 Å². The third-order valence-electron chi connectivity index (χ3n) is 2.46. The lowest BCUT2D eigenvalue weighted by Gasteiger charge is -2.26. The molecule has 1 heteroatoms. The summed E-state index contributed by atoms with van der Waals surface area (Å²) >= 11 is 0. The molecule has 15 heavy (non-hydrogen) atoms. The predicted octanol–water partition coefficient (Wildman–Crippen LogP) is 4.22. The van der Waals surface area contributed by atoms with E-state index >= 15 is 0 Å². The minimum Gasteiger partial charge on any atom is -0.488 e. The molecule has 0 amide bonds. The number of hydrogen-bond acceptors (Lipinski definition) is 1. The van der Waals surface area contributed by atoms with Gasteiger partial charge in [0.15, 0.2) is 0 Å². The molecule has 83 valence electrons. The lowest BCUT2D eigenvalue weighted by molar-refractivity contribution is 0.0962. The summed E-state index contributed by atoms with van der Waals surface area (Å²) < 4.78 is 5.93. The highest BCUT2D eigenvalue weighted by Crippen LogP contribution is 2.22. The summed E-state index contributed by atoms with van der Waals surface area (Å²) in [4.78, 5) is 0. The molecule has 1 radical (unpaired) electrons. The molecule has 0 fully saturated rings. The Kier molecular flexibility index (Phi) is 4.67. The fourth-order valence-corrected chi connectivity index (χ4v) is 1.61. The first-order chi connectivity index (χ1) is 7.14. The summed E-state index contributed by atoms with van der Waals surface area (Å²) in [6.07, 6.45) is 4.90. The Morgan fingerprint density at radius 1 is 1.20 bits per heavy atom. The van der Waals surface area contributed by atoms with E-state index in [1.807, 2.05) is 24.3 Å². The summed E-state index contributed by atoms with van der Waals surface area (Å²) in [6.45, 7) is 6.53. The number of rotatable bonds is 6. The fourth-order valence-electron chi connectivity index (χ4n) is 1.61. The van der Waals surface area contributed by atoms with E-state index in [1.165, 1.54) is 19.3 Å². The smallest absolute Gasteiger partial charge is 0.120 e. The Morgan fingerprint density at radius 2 is 1.87 bits per heavy atom. The van der Waals surface area contributed by atoms with E-state index in [4.69, 9.17) is 4.74 Å². The second kappa shape index (κ2) is 5.79. The Hall–Kier alpha value is -0.980. The van der Waals surface area contributed by atoms with Crippen LogP contribution in [0, 0.1) is 6.07 Å². The van der Waals surface area contributed by atoms with E-state index in [0.29, 0.717) is 0 Å². The van der Waals surface area contributed by atoms with Crippen molar-refractivity contribution in [2.75, 3.05) is 0 Å². The van der Waals surface area contributed by atoms with E-state index in [-0.39, 0.29) is 5.60 Å². The van der Waals surface area contributed by atoms with Crippen molar-refractivity contribution < 1.29 is 4.74 Å². The van der Waals surface area contributed by atoms with Crippen molar-refractivity contribution in [3.8, 4) is 5.75 Å². The maximum Gasteiger partial charge on any atom is 0.120 e. The van der Waals surface area contributed by atoms with Crippen LogP contribution in [0.15, 0.2) is 24.3 Å². The zero-order valence-corrected chi connectivity index (χ0v) is 10.0. The summed E-state index contributed by atoms with van der Waals surface area (Å²) in [6, 6.07) is 10.7. The quantitative estimate of drug-likeness (QED) is 0.632. The van der Waals surface area contributed by atoms with Crippen LogP contribution in [0.4, 0.5) is 0 Å². The van der Waals surface area contributed by atoms with Gasteiger partial charge in [0.2, 0.25) is 0 Å². The lowest BCUT2D eigenvalue weighted by atomic mass is 10.0. The molecule has 0 aliphatic heterocycles. The van der Waals surface area contributed by atoms with Crippen LogP contribution in [0.2, 0.25) is 0 Å². The second-order valence-corrected chi connectivity index (χ2v) is 4.55. The number of unbranched alkanes of at least 4 members (excludes halogenated alkanes) is 2. The van der Waals surface area contributed by atoms with E-state index in [0.717, 1.165) is 12.2 Å². The van der Waals surface area contributed by atoms with Crippen LogP contribution in [-0.4, -0.2) is 5.60 Å². The average molecular weight is 205 g/mol. The molecule has 0 saturated carbocycles. The molecule has 0 atom stereocenters. The topological polar surface area (TPSA) is 9.23 Å². The average Bonchev–Trinajstić information content (AvgIpc) is 2.18. The van der Waals surface area contributed by atoms with Crippen LogP contribution in [-0.2, 0) is 0 Å². The Balaban J connectivity index is 2.42. The zero-order chi connectivity index (χ0) is 11.1. The van der Waals surface area contributed by atoms with E-state index in [1.54, 1.807) is 0 Å². The van der Waals surface area contributed by atoms with Crippen LogP contribution in [0.5, 0.6) is 5.75 Å². The number of benzene rings is 1. The van der Waals surface area contributed by atoms with Crippen molar-refractivity contribution >= 4 is 0 Å². The molecule has 0 aromatic heterocycles. The van der Waals surface area contributed by atoms with E-state index < -0.39 is 0 Å². The molecule has 0 bridgehead atoms. The van der Waals surface area contributed by atoms with Crippen LogP contribution in [0.1, 0.15) is 46.5 Å². The van der Waals surface area contributed by atoms with Gasteiger partial charge in [-0.2, -0.15) is 0 Å². The van der Waals surface area contributed by atoms with Crippen molar-refractivity contribution in [3.05, 3.63) is 30.3 Å². The minimum atomic E-state index is -0.0590. The van der Waals surface area contributed by atoms with Crippen molar-refractivity contribution in [1.29, 1.82) is 0 Å². The van der Waals surface area contributed by atoms with Crippen molar-refractivity contribution in [2.24, 2.45) is 0 Å². The molecular formula is C14H21O. The van der Waals surface area contributed by atoms with E-state index in [9.17, 15) is 0 Å². The Labute approximate surface area is 93.5 Å². The summed E-state index contributed by atoms with van der Waals surface area (Å²) in [5.41, 5.74) is -0.0590. The molecule has 1 rings (SSSR count). The van der Waals surface area contributed by atoms with Gasteiger partial charge in [-0.05, 0) is 44.9 Å². The largest absolute Gasteiger partial charge is 0.488 e. The molecule has 1 aromatic rings. The number of hydrogen-bond donors (Lipinski definition) is 0. The van der Waals surface area contributed by atoms with Gasteiger partial charge in [0.25, 0.3) is 0 Å². The third-order valence-corrected chi connectivity index (χ3v) is 2.46. The van der Waals surface area contributed by atoms with Crippen LogP contribution in [0.25, 0.3) is 0 Å². The van der Waals surface area contributed by atoms with Crippen LogP contribution < -0.4 is 4.74 Å². The van der Waals surface area contributed by atoms with Gasteiger partial charge in [-0.25, -0.2) is 0 Å². The molecule has 0 saturated heterocycles. The first kappa shape index (κ1) is 12.1. The van der Waals surface area contributed by atoms with Gasteiger partial charge in [-0.15, -0.1) is 0 Å². The second-order valence-electron chi connectivity index (χ2n) is 4.55. The van der Waals surface area contributed by atoms with Gasteiger partial charge in [0.05, 0.1) is 0 Å². The summed E-state index contributed by atoms with van der Waals surface area (Å²) in [5, 5.41) is 0. The monoisotopic (exact) mass is 205 g/mol. The van der Waals surface area contributed by atoms with Crippen molar-refractivity contribution in [1.82, 2.24) is 0 Å². The molecular weight excluding hydrogens is 184 g/mol. The Bertz CT molecular complexity index is 264. The SMILES string of the molecule is CCCCCC(C)(C)Oc1cc[c]cc1. The molecule has 0 unspecified atom stereocenters. The lowest BCUT2D eigenvalue weighted by Crippen LogP contribution is -2.27. The maximum atomic E-state index is 5.93. The van der Waals surface area contributed by atoms with Crippen LogP contribution >= 0.6 is 0 Å². The summed E-state index contributed by atoms with van der Waals surface area (Å²) in [5.74, 6) is 0.940. The molecule has 0 heterocycles. The third kappa shape index (κ3) is 4.87. The van der Waals surface area contributed by atoms with Gasteiger partial charge in [-0.1, -0.05) is 31.9 Å². The van der Waals surface area contributed by atoms with Gasteiger partial charge in [-0.3, -0.25) is 0 Å². The minimum absolute atomic E-state index is 0.0590. The summed E-state index contributed by atoms with van der Waals surface area (Å²) in [7, 11) is 0. The highest BCUT2D eigenvalue weighted by atomic mass is 16.5. The van der Waals surface area contributed by atoms with E-state index in [2.05, 4.69) is 26.8 Å². The first-order valence-electron chi connectivity index (χ1n) is 5.79. The highest BCUT2D eigenvalue weighted by molar-refractivity contribution is 5.21.